The maximum absolute atomic E-state index is 12.2. The number of imidazole rings is 1. The van der Waals surface area contributed by atoms with Crippen molar-refractivity contribution in [3.8, 4) is 17.0 Å². The highest BCUT2D eigenvalue weighted by molar-refractivity contribution is 5.92. The van der Waals surface area contributed by atoms with Crippen molar-refractivity contribution in [2.45, 2.75) is 46.6 Å². The number of aromatic nitrogens is 2. The Morgan fingerprint density at radius 2 is 1.88 bits per heavy atom. The van der Waals surface area contributed by atoms with E-state index in [0.29, 0.717) is 31.0 Å². The summed E-state index contributed by atoms with van der Waals surface area (Å²) in [6.45, 7) is 7.17. The molecule has 3 rings (SSSR count). The predicted octanol–water partition coefficient (Wildman–Crippen LogP) is 4.99. The van der Waals surface area contributed by atoms with Crippen LogP contribution in [-0.4, -0.2) is 34.5 Å². The van der Waals surface area contributed by atoms with Crippen LogP contribution in [0.25, 0.3) is 11.3 Å². The number of ether oxygens (including phenoxy) is 1. The number of urea groups is 1. The first-order chi connectivity index (χ1) is 16.0. The number of carbonyl (C=O) groups excluding carboxylic acids is 2. The van der Waals surface area contributed by atoms with Gasteiger partial charge in [-0.1, -0.05) is 49.4 Å². The highest BCUT2D eigenvalue weighted by Gasteiger charge is 2.13. The van der Waals surface area contributed by atoms with E-state index >= 15 is 0 Å². The summed E-state index contributed by atoms with van der Waals surface area (Å²) in [7, 11) is 0. The van der Waals surface area contributed by atoms with E-state index in [1.807, 2.05) is 49.6 Å². The van der Waals surface area contributed by atoms with E-state index in [0.717, 1.165) is 36.2 Å². The summed E-state index contributed by atoms with van der Waals surface area (Å²) in [5, 5.41) is 5.55. The van der Waals surface area contributed by atoms with Crippen LogP contribution in [0.3, 0.4) is 0 Å². The summed E-state index contributed by atoms with van der Waals surface area (Å²) >= 11 is 0. The van der Waals surface area contributed by atoms with Crippen LogP contribution in [0.15, 0.2) is 54.9 Å². The van der Waals surface area contributed by atoms with Gasteiger partial charge < -0.3 is 19.9 Å². The highest BCUT2D eigenvalue weighted by atomic mass is 16.5. The molecule has 1 aromatic heterocycles. The molecule has 3 aromatic rings. The first-order valence-electron chi connectivity index (χ1n) is 11.4. The number of carbonyl (C=O) groups is 2. The molecule has 0 aliphatic carbocycles. The minimum absolute atomic E-state index is 0.0372. The van der Waals surface area contributed by atoms with Crippen LogP contribution < -0.4 is 15.4 Å². The first kappa shape index (κ1) is 24.0. The summed E-state index contributed by atoms with van der Waals surface area (Å²) in [6, 6.07) is 15.5. The van der Waals surface area contributed by atoms with Crippen molar-refractivity contribution in [2.24, 2.45) is 0 Å². The molecule has 0 unspecified atom stereocenters. The van der Waals surface area contributed by atoms with Crippen LogP contribution >= 0.6 is 0 Å². The van der Waals surface area contributed by atoms with Gasteiger partial charge in [-0.05, 0) is 38.3 Å². The molecule has 7 nitrogen and oxygen atoms in total. The number of ketones is 1. The van der Waals surface area contributed by atoms with Crippen molar-refractivity contribution in [1.29, 1.82) is 0 Å². The van der Waals surface area contributed by atoms with Crippen LogP contribution in [0.4, 0.5) is 10.5 Å². The summed E-state index contributed by atoms with van der Waals surface area (Å²) in [5.74, 6) is 0.665. The Balaban J connectivity index is 1.57. The number of aryl methyl sites for hydroxylation is 2. The molecule has 0 bridgehead atoms. The van der Waals surface area contributed by atoms with E-state index in [-0.39, 0.29) is 11.8 Å². The number of benzene rings is 2. The molecule has 1 heterocycles. The van der Waals surface area contributed by atoms with Crippen LogP contribution in [0.1, 0.15) is 37.9 Å². The van der Waals surface area contributed by atoms with Crippen LogP contribution in [-0.2, 0) is 17.8 Å². The second-order valence-electron chi connectivity index (χ2n) is 7.94. The normalized spacial score (nSPS) is 10.6. The number of Topliss-reactive ketones (excluding diaryl/α,β-unsaturated/α-hetero) is 1. The molecule has 2 aromatic carbocycles. The van der Waals surface area contributed by atoms with Gasteiger partial charge in [0.1, 0.15) is 11.5 Å². The van der Waals surface area contributed by atoms with Gasteiger partial charge in [-0.25, -0.2) is 9.78 Å². The fraction of sp³-hybridized carbons (Fsp3) is 0.346. The first-order valence-corrected chi connectivity index (χ1v) is 11.4. The van der Waals surface area contributed by atoms with Gasteiger partial charge in [-0.3, -0.25) is 4.79 Å². The van der Waals surface area contributed by atoms with Gasteiger partial charge in [-0.15, -0.1) is 0 Å². The SMILES string of the molecule is CCc1c(-c2ccccc2)ncn1CCCOc1cccc(C)c1NC(=O)NCCC(C)=O. The van der Waals surface area contributed by atoms with Gasteiger partial charge in [0.25, 0.3) is 0 Å². The molecule has 0 aliphatic heterocycles. The Labute approximate surface area is 195 Å². The number of hydrogen-bond donors (Lipinski definition) is 2. The molecule has 174 valence electrons. The third-order valence-electron chi connectivity index (χ3n) is 5.37. The predicted molar refractivity (Wildman–Crippen MR) is 131 cm³/mol. The summed E-state index contributed by atoms with van der Waals surface area (Å²) in [6.07, 6.45) is 3.91. The van der Waals surface area contributed by atoms with E-state index in [2.05, 4.69) is 39.2 Å². The van der Waals surface area contributed by atoms with E-state index < -0.39 is 0 Å². The molecule has 0 saturated heterocycles. The van der Waals surface area contributed by atoms with E-state index in [1.165, 1.54) is 12.6 Å². The maximum Gasteiger partial charge on any atom is 0.319 e. The Morgan fingerprint density at radius 1 is 1.09 bits per heavy atom. The molecule has 7 heteroatoms. The fourth-order valence-corrected chi connectivity index (χ4v) is 3.66. The minimum atomic E-state index is -0.352. The smallest absolute Gasteiger partial charge is 0.319 e. The number of amides is 2. The van der Waals surface area contributed by atoms with Crippen molar-refractivity contribution < 1.29 is 14.3 Å². The van der Waals surface area contributed by atoms with E-state index in [1.54, 1.807) is 0 Å². The van der Waals surface area contributed by atoms with Gasteiger partial charge in [-0.2, -0.15) is 0 Å². The Hall–Kier alpha value is -3.61. The highest BCUT2D eigenvalue weighted by Crippen LogP contribution is 2.28. The van der Waals surface area contributed by atoms with Crippen LogP contribution in [0.2, 0.25) is 0 Å². The fourth-order valence-electron chi connectivity index (χ4n) is 3.66. The molecular weight excluding hydrogens is 416 g/mol. The van der Waals surface area contributed by atoms with Crippen molar-refractivity contribution in [3.05, 3.63) is 66.1 Å². The maximum atomic E-state index is 12.2. The standard InChI is InChI=1S/C26H32N4O3/c1-4-22-25(21-11-6-5-7-12-21)28-18-30(22)16-9-17-33-23-13-8-10-19(2)24(23)29-26(32)27-15-14-20(3)31/h5-8,10-13,18H,4,9,14-17H2,1-3H3,(H2,27,29,32). The summed E-state index contributed by atoms with van der Waals surface area (Å²) in [5.41, 5.74) is 4.91. The number of anilines is 1. The number of hydrogen-bond acceptors (Lipinski definition) is 4. The zero-order valence-corrected chi connectivity index (χ0v) is 19.6. The van der Waals surface area contributed by atoms with Crippen molar-refractivity contribution in [2.75, 3.05) is 18.5 Å². The second-order valence-corrected chi connectivity index (χ2v) is 7.94. The number of nitrogens with one attached hydrogen (secondary N) is 2. The van der Waals surface area contributed by atoms with Gasteiger partial charge in [0.15, 0.2) is 0 Å². The third-order valence-corrected chi connectivity index (χ3v) is 5.37. The van der Waals surface area contributed by atoms with Crippen LogP contribution in [0, 0.1) is 6.92 Å². The number of rotatable bonds is 11. The Kier molecular flexibility index (Phi) is 8.63. The van der Waals surface area contributed by atoms with Gasteiger partial charge in [0, 0.05) is 30.8 Å². The quantitative estimate of drug-likeness (QED) is 0.405. The van der Waals surface area contributed by atoms with E-state index in [9.17, 15) is 9.59 Å². The molecule has 0 spiro atoms. The molecule has 0 aliphatic rings. The lowest BCUT2D eigenvalue weighted by Crippen LogP contribution is -2.30. The largest absolute Gasteiger partial charge is 0.491 e. The van der Waals surface area contributed by atoms with E-state index in [4.69, 9.17) is 4.74 Å². The van der Waals surface area contributed by atoms with Gasteiger partial charge in [0.05, 0.1) is 24.3 Å². The van der Waals surface area contributed by atoms with Crippen LogP contribution in [0.5, 0.6) is 5.75 Å². The van der Waals surface area contributed by atoms with Crippen molar-refractivity contribution in [3.63, 3.8) is 0 Å². The molecule has 2 N–H and O–H groups in total. The average molecular weight is 449 g/mol. The lowest BCUT2D eigenvalue weighted by atomic mass is 10.1. The minimum Gasteiger partial charge on any atom is -0.491 e. The Bertz CT molecular complexity index is 1080. The third kappa shape index (κ3) is 6.68. The lowest BCUT2D eigenvalue weighted by molar-refractivity contribution is -0.116. The van der Waals surface area contributed by atoms with Gasteiger partial charge >= 0.3 is 6.03 Å². The molecule has 2 amide bonds. The number of nitrogens with zero attached hydrogens (tertiary/aromatic N) is 2. The Morgan fingerprint density at radius 3 is 2.61 bits per heavy atom. The molecule has 0 saturated carbocycles. The van der Waals surface area contributed by atoms with Crippen molar-refractivity contribution in [1.82, 2.24) is 14.9 Å². The molecule has 0 atom stereocenters. The zero-order valence-electron chi connectivity index (χ0n) is 19.6. The van der Waals surface area contributed by atoms with Gasteiger partial charge in [0.2, 0.25) is 0 Å². The summed E-state index contributed by atoms with van der Waals surface area (Å²) < 4.78 is 8.20. The van der Waals surface area contributed by atoms with Crippen molar-refractivity contribution >= 4 is 17.5 Å². The lowest BCUT2D eigenvalue weighted by Gasteiger charge is -2.16. The topological polar surface area (TPSA) is 85.2 Å². The number of para-hydroxylation sites is 1. The molecule has 33 heavy (non-hydrogen) atoms. The summed E-state index contributed by atoms with van der Waals surface area (Å²) in [4.78, 5) is 27.9. The molecular formula is C26H32N4O3. The molecule has 0 fully saturated rings. The monoisotopic (exact) mass is 448 g/mol. The average Bonchev–Trinajstić information content (AvgIpc) is 3.22. The second kappa shape index (κ2) is 11.9. The molecule has 0 radical (unpaired) electrons. The zero-order chi connectivity index (χ0) is 23.6.